The third kappa shape index (κ3) is 5.53. The molecule has 1 aliphatic rings. The SMILES string of the molecule is COc1ccc(CN2CC(OCc3ccncc3)CN(Cc3c(C)nc4sccn34)CC2=O)cc1. The molecular formula is C26H29N5O3S. The van der Waals surface area contributed by atoms with Crippen molar-refractivity contribution in [3.63, 3.8) is 0 Å². The first-order valence-electron chi connectivity index (χ1n) is 11.6. The Morgan fingerprint density at radius 1 is 1.06 bits per heavy atom. The summed E-state index contributed by atoms with van der Waals surface area (Å²) < 4.78 is 13.7. The molecule has 1 fully saturated rings. The first-order chi connectivity index (χ1) is 17.1. The summed E-state index contributed by atoms with van der Waals surface area (Å²) in [6, 6.07) is 11.8. The molecule has 35 heavy (non-hydrogen) atoms. The maximum absolute atomic E-state index is 13.4. The van der Waals surface area contributed by atoms with Crippen LogP contribution in [0.2, 0.25) is 0 Å². The van der Waals surface area contributed by atoms with Crippen molar-refractivity contribution in [2.75, 3.05) is 26.7 Å². The van der Waals surface area contributed by atoms with Gasteiger partial charge in [-0.1, -0.05) is 12.1 Å². The molecule has 9 heteroatoms. The van der Waals surface area contributed by atoms with Gasteiger partial charge in [-0.15, -0.1) is 11.3 Å². The van der Waals surface area contributed by atoms with Gasteiger partial charge >= 0.3 is 0 Å². The molecule has 4 aromatic rings. The van der Waals surface area contributed by atoms with Crippen LogP contribution in [0.15, 0.2) is 60.4 Å². The van der Waals surface area contributed by atoms with Crippen molar-refractivity contribution in [1.82, 2.24) is 24.2 Å². The number of methoxy groups -OCH3 is 1. The van der Waals surface area contributed by atoms with Gasteiger partial charge in [0.1, 0.15) is 5.75 Å². The highest BCUT2D eigenvalue weighted by atomic mass is 32.1. The van der Waals surface area contributed by atoms with Crippen molar-refractivity contribution < 1.29 is 14.3 Å². The van der Waals surface area contributed by atoms with E-state index >= 15 is 0 Å². The molecule has 8 nitrogen and oxygen atoms in total. The summed E-state index contributed by atoms with van der Waals surface area (Å²) >= 11 is 1.62. The predicted octanol–water partition coefficient (Wildman–Crippen LogP) is 3.54. The Labute approximate surface area is 208 Å². The maximum atomic E-state index is 13.4. The number of imidazole rings is 1. The quantitative estimate of drug-likeness (QED) is 0.376. The predicted molar refractivity (Wildman–Crippen MR) is 134 cm³/mol. The lowest BCUT2D eigenvalue weighted by Crippen LogP contribution is -2.37. The van der Waals surface area contributed by atoms with E-state index in [-0.39, 0.29) is 12.0 Å². The lowest BCUT2D eigenvalue weighted by atomic mass is 10.2. The summed E-state index contributed by atoms with van der Waals surface area (Å²) in [5, 5.41) is 2.04. The van der Waals surface area contributed by atoms with Crippen LogP contribution in [0.4, 0.5) is 0 Å². The Kier molecular flexibility index (Phi) is 7.08. The minimum absolute atomic E-state index is 0.0968. The van der Waals surface area contributed by atoms with E-state index in [1.165, 1.54) is 0 Å². The number of thiazole rings is 1. The first kappa shape index (κ1) is 23.5. The van der Waals surface area contributed by atoms with Crippen molar-refractivity contribution in [2.45, 2.75) is 32.7 Å². The maximum Gasteiger partial charge on any atom is 0.237 e. The van der Waals surface area contributed by atoms with E-state index in [0.29, 0.717) is 39.3 Å². The van der Waals surface area contributed by atoms with Crippen LogP contribution in [0.25, 0.3) is 4.96 Å². The third-order valence-electron chi connectivity index (χ3n) is 6.30. The lowest BCUT2D eigenvalue weighted by molar-refractivity contribution is -0.132. The lowest BCUT2D eigenvalue weighted by Gasteiger charge is -2.25. The average Bonchev–Trinajstić information content (AvgIpc) is 3.40. The van der Waals surface area contributed by atoms with Gasteiger partial charge in [0, 0.05) is 50.1 Å². The number of aromatic nitrogens is 3. The largest absolute Gasteiger partial charge is 0.497 e. The summed E-state index contributed by atoms with van der Waals surface area (Å²) in [4.78, 5) is 27.2. The fourth-order valence-corrected chi connectivity index (χ4v) is 5.19. The van der Waals surface area contributed by atoms with Crippen LogP contribution in [0, 0.1) is 6.92 Å². The molecule has 0 spiro atoms. The fourth-order valence-electron chi connectivity index (χ4n) is 4.42. The van der Waals surface area contributed by atoms with Crippen LogP contribution < -0.4 is 4.74 Å². The summed E-state index contributed by atoms with van der Waals surface area (Å²) in [7, 11) is 1.65. The van der Waals surface area contributed by atoms with Gasteiger partial charge in [0.15, 0.2) is 4.96 Å². The number of hydrogen-bond donors (Lipinski definition) is 0. The number of hydrogen-bond acceptors (Lipinski definition) is 7. The fraction of sp³-hybridized carbons (Fsp3) is 0.346. The van der Waals surface area contributed by atoms with Crippen LogP contribution in [0.1, 0.15) is 22.5 Å². The van der Waals surface area contributed by atoms with E-state index in [2.05, 4.69) is 19.3 Å². The van der Waals surface area contributed by atoms with Crippen LogP contribution in [0.3, 0.4) is 0 Å². The van der Waals surface area contributed by atoms with E-state index < -0.39 is 0 Å². The molecule has 0 radical (unpaired) electrons. The number of carbonyl (C=O) groups is 1. The molecule has 1 atom stereocenters. The van der Waals surface area contributed by atoms with E-state index in [1.807, 2.05) is 59.8 Å². The highest BCUT2D eigenvalue weighted by Crippen LogP contribution is 2.21. The molecule has 1 amide bonds. The number of fused-ring (bicyclic) bond motifs is 1. The van der Waals surface area contributed by atoms with Gasteiger partial charge < -0.3 is 14.4 Å². The Balaban J connectivity index is 1.35. The molecule has 0 bridgehead atoms. The van der Waals surface area contributed by atoms with Gasteiger partial charge in [0.25, 0.3) is 0 Å². The number of amides is 1. The van der Waals surface area contributed by atoms with Gasteiger partial charge in [0.2, 0.25) is 5.91 Å². The van der Waals surface area contributed by atoms with Crippen molar-refractivity contribution in [3.05, 3.63) is 82.9 Å². The number of nitrogens with zero attached hydrogens (tertiary/aromatic N) is 5. The van der Waals surface area contributed by atoms with Crippen LogP contribution in [0.5, 0.6) is 5.75 Å². The Bertz CT molecular complexity index is 1270. The summed E-state index contributed by atoms with van der Waals surface area (Å²) in [5.74, 6) is 0.899. The second kappa shape index (κ2) is 10.6. The van der Waals surface area contributed by atoms with Crippen LogP contribution in [-0.4, -0.2) is 62.9 Å². The second-order valence-electron chi connectivity index (χ2n) is 8.78. The molecular weight excluding hydrogens is 462 g/mol. The van der Waals surface area contributed by atoms with Crippen molar-refractivity contribution in [1.29, 1.82) is 0 Å². The Hall–Kier alpha value is -3.27. The number of aryl methyl sites for hydroxylation is 1. The second-order valence-corrected chi connectivity index (χ2v) is 9.65. The molecule has 4 heterocycles. The van der Waals surface area contributed by atoms with Crippen LogP contribution >= 0.6 is 11.3 Å². The van der Waals surface area contributed by atoms with Crippen molar-refractivity contribution >= 4 is 22.2 Å². The van der Waals surface area contributed by atoms with Gasteiger partial charge in [0.05, 0.1) is 37.8 Å². The van der Waals surface area contributed by atoms with Crippen molar-refractivity contribution in [2.24, 2.45) is 0 Å². The number of carbonyl (C=O) groups excluding carboxylic acids is 1. The standard InChI is InChI=1S/C26H29N5O3S/c1-19-24(31-11-12-35-26(31)28-19)16-29-14-23(34-18-21-7-9-27-10-8-21)15-30(25(32)17-29)13-20-3-5-22(33-2)6-4-20/h3-12,23H,13-18H2,1-2H3. The Morgan fingerprint density at radius 3 is 2.63 bits per heavy atom. The van der Waals surface area contributed by atoms with Gasteiger partial charge in [-0.05, 0) is 42.3 Å². The van der Waals surface area contributed by atoms with Crippen LogP contribution in [-0.2, 0) is 29.2 Å². The molecule has 1 unspecified atom stereocenters. The van der Waals surface area contributed by atoms with Gasteiger partial charge in [-0.2, -0.15) is 0 Å². The van der Waals surface area contributed by atoms with Gasteiger partial charge in [-0.3, -0.25) is 19.1 Å². The smallest absolute Gasteiger partial charge is 0.237 e. The average molecular weight is 492 g/mol. The summed E-state index contributed by atoms with van der Waals surface area (Å²) in [5.41, 5.74) is 4.24. The molecule has 0 aliphatic carbocycles. The highest BCUT2D eigenvalue weighted by molar-refractivity contribution is 7.15. The molecule has 3 aromatic heterocycles. The molecule has 0 saturated carbocycles. The topological polar surface area (TPSA) is 72.2 Å². The zero-order chi connectivity index (χ0) is 24.2. The third-order valence-corrected chi connectivity index (χ3v) is 7.06. The van der Waals surface area contributed by atoms with E-state index in [1.54, 1.807) is 30.8 Å². The zero-order valence-electron chi connectivity index (χ0n) is 20.0. The highest BCUT2D eigenvalue weighted by Gasteiger charge is 2.29. The minimum Gasteiger partial charge on any atom is -0.497 e. The van der Waals surface area contributed by atoms with E-state index in [9.17, 15) is 4.79 Å². The molecule has 1 aromatic carbocycles. The number of rotatable bonds is 8. The van der Waals surface area contributed by atoms with E-state index in [4.69, 9.17) is 9.47 Å². The molecule has 1 saturated heterocycles. The monoisotopic (exact) mass is 491 g/mol. The molecule has 0 N–H and O–H groups in total. The van der Waals surface area contributed by atoms with E-state index in [0.717, 1.165) is 33.2 Å². The summed E-state index contributed by atoms with van der Waals surface area (Å²) in [6.45, 7) is 5.21. The molecule has 1 aliphatic heterocycles. The first-order valence-corrected chi connectivity index (χ1v) is 12.5. The summed E-state index contributed by atoms with van der Waals surface area (Å²) in [6.07, 6.45) is 5.46. The number of ether oxygens (including phenoxy) is 2. The number of benzene rings is 1. The van der Waals surface area contributed by atoms with Crippen molar-refractivity contribution in [3.8, 4) is 5.75 Å². The zero-order valence-corrected chi connectivity index (χ0v) is 20.8. The number of pyridine rings is 1. The minimum atomic E-state index is -0.126. The Morgan fingerprint density at radius 2 is 1.86 bits per heavy atom. The normalized spacial score (nSPS) is 17.1. The molecule has 5 rings (SSSR count). The van der Waals surface area contributed by atoms with Gasteiger partial charge in [-0.25, -0.2) is 4.98 Å². The molecule has 182 valence electrons.